The summed E-state index contributed by atoms with van der Waals surface area (Å²) in [6, 6.07) is 0. The standard InChI is InChI=1S/C11H20F2N2O/c12-11(13,7-14)8-15-10(16)9-5-3-1-2-4-6-9/h9H,1-8,14H2,(H,15,16). The number of carbonyl (C=O) groups is 1. The van der Waals surface area contributed by atoms with Crippen LogP contribution in [0.25, 0.3) is 0 Å². The van der Waals surface area contributed by atoms with Crippen molar-refractivity contribution < 1.29 is 13.6 Å². The number of nitrogens with one attached hydrogen (secondary N) is 1. The van der Waals surface area contributed by atoms with Crippen LogP contribution in [0.15, 0.2) is 0 Å². The highest BCUT2D eigenvalue weighted by Gasteiger charge is 2.29. The van der Waals surface area contributed by atoms with Gasteiger partial charge in [-0.2, -0.15) is 0 Å². The lowest BCUT2D eigenvalue weighted by Crippen LogP contribution is -2.43. The average Bonchev–Trinajstić information content (AvgIpc) is 2.54. The zero-order valence-corrected chi connectivity index (χ0v) is 9.48. The van der Waals surface area contributed by atoms with Gasteiger partial charge in [-0.05, 0) is 12.8 Å². The fourth-order valence-electron chi connectivity index (χ4n) is 1.97. The monoisotopic (exact) mass is 234 g/mol. The summed E-state index contributed by atoms with van der Waals surface area (Å²) in [5, 5.41) is 2.30. The molecule has 1 saturated carbocycles. The summed E-state index contributed by atoms with van der Waals surface area (Å²) in [7, 11) is 0. The van der Waals surface area contributed by atoms with Gasteiger partial charge in [0.25, 0.3) is 5.92 Å². The second-order valence-corrected chi connectivity index (χ2v) is 4.47. The lowest BCUT2D eigenvalue weighted by molar-refractivity contribution is -0.127. The van der Waals surface area contributed by atoms with Gasteiger partial charge in [0.2, 0.25) is 5.91 Å². The molecule has 0 saturated heterocycles. The SMILES string of the molecule is NCC(F)(F)CNC(=O)C1CCCCCC1. The first-order valence-electron chi connectivity index (χ1n) is 5.91. The Morgan fingerprint density at radius 3 is 2.31 bits per heavy atom. The minimum atomic E-state index is -2.99. The van der Waals surface area contributed by atoms with Crippen molar-refractivity contribution in [3.8, 4) is 0 Å². The molecule has 0 heterocycles. The number of alkyl halides is 2. The molecule has 0 aromatic rings. The first-order chi connectivity index (χ1) is 7.55. The molecule has 3 nitrogen and oxygen atoms in total. The quantitative estimate of drug-likeness (QED) is 0.727. The maximum Gasteiger partial charge on any atom is 0.277 e. The molecule has 1 rings (SSSR count). The highest BCUT2D eigenvalue weighted by molar-refractivity contribution is 5.78. The summed E-state index contributed by atoms with van der Waals surface area (Å²) in [5.41, 5.74) is 4.89. The van der Waals surface area contributed by atoms with Crippen LogP contribution in [0.4, 0.5) is 8.78 Å². The zero-order valence-electron chi connectivity index (χ0n) is 9.48. The van der Waals surface area contributed by atoms with Gasteiger partial charge in [0.15, 0.2) is 0 Å². The Morgan fingerprint density at radius 2 is 1.81 bits per heavy atom. The van der Waals surface area contributed by atoms with E-state index in [0.29, 0.717) is 0 Å². The molecule has 0 bridgehead atoms. The van der Waals surface area contributed by atoms with Crippen molar-refractivity contribution in [1.29, 1.82) is 0 Å². The van der Waals surface area contributed by atoms with Gasteiger partial charge in [-0.15, -0.1) is 0 Å². The van der Waals surface area contributed by atoms with E-state index >= 15 is 0 Å². The molecule has 0 aromatic carbocycles. The second-order valence-electron chi connectivity index (χ2n) is 4.47. The third-order valence-corrected chi connectivity index (χ3v) is 3.05. The fourth-order valence-corrected chi connectivity index (χ4v) is 1.97. The summed E-state index contributed by atoms with van der Waals surface area (Å²) in [6.45, 7) is -1.36. The Bertz CT molecular complexity index is 226. The number of rotatable bonds is 4. The minimum absolute atomic E-state index is 0.0870. The van der Waals surface area contributed by atoms with Crippen molar-refractivity contribution in [3.05, 3.63) is 0 Å². The molecule has 3 N–H and O–H groups in total. The third kappa shape index (κ3) is 4.43. The average molecular weight is 234 g/mol. The normalized spacial score (nSPS) is 19.2. The van der Waals surface area contributed by atoms with Crippen molar-refractivity contribution in [2.45, 2.75) is 44.4 Å². The predicted octanol–water partition coefficient (Wildman–Crippen LogP) is 1.67. The van der Waals surface area contributed by atoms with Crippen LogP contribution >= 0.6 is 0 Å². The summed E-state index contributed by atoms with van der Waals surface area (Å²) in [4.78, 5) is 11.6. The molecular weight excluding hydrogens is 214 g/mol. The van der Waals surface area contributed by atoms with E-state index in [1.54, 1.807) is 0 Å². The molecule has 0 aromatic heterocycles. The summed E-state index contributed by atoms with van der Waals surface area (Å²) >= 11 is 0. The lowest BCUT2D eigenvalue weighted by atomic mass is 9.99. The van der Waals surface area contributed by atoms with Crippen LogP contribution in [0.2, 0.25) is 0 Å². The van der Waals surface area contributed by atoms with Crippen molar-refractivity contribution >= 4 is 5.91 Å². The van der Waals surface area contributed by atoms with Crippen LogP contribution in [-0.4, -0.2) is 24.9 Å². The van der Waals surface area contributed by atoms with Crippen LogP contribution in [-0.2, 0) is 4.79 Å². The molecule has 1 amide bonds. The third-order valence-electron chi connectivity index (χ3n) is 3.05. The summed E-state index contributed by atoms with van der Waals surface area (Å²) in [6.07, 6.45) is 5.96. The highest BCUT2D eigenvalue weighted by Crippen LogP contribution is 2.23. The van der Waals surface area contributed by atoms with E-state index in [0.717, 1.165) is 38.5 Å². The Balaban J connectivity index is 2.33. The summed E-state index contributed by atoms with van der Waals surface area (Å²) < 4.78 is 25.6. The summed E-state index contributed by atoms with van der Waals surface area (Å²) in [5.74, 6) is -3.31. The molecular formula is C11H20F2N2O. The van der Waals surface area contributed by atoms with Crippen LogP contribution in [0.3, 0.4) is 0 Å². The number of hydrogen-bond donors (Lipinski definition) is 2. The number of halogens is 2. The molecule has 1 aliphatic carbocycles. The maximum absolute atomic E-state index is 12.8. The van der Waals surface area contributed by atoms with Crippen molar-refractivity contribution in [3.63, 3.8) is 0 Å². The van der Waals surface area contributed by atoms with Gasteiger partial charge in [0, 0.05) is 5.92 Å². The molecule has 0 atom stereocenters. The topological polar surface area (TPSA) is 55.1 Å². The smallest absolute Gasteiger partial charge is 0.277 e. The largest absolute Gasteiger partial charge is 0.350 e. The van der Waals surface area contributed by atoms with Gasteiger partial charge in [-0.25, -0.2) is 8.78 Å². The Labute approximate surface area is 94.8 Å². The first kappa shape index (κ1) is 13.4. The van der Waals surface area contributed by atoms with E-state index < -0.39 is 19.0 Å². The van der Waals surface area contributed by atoms with E-state index in [1.165, 1.54) is 0 Å². The van der Waals surface area contributed by atoms with E-state index in [4.69, 9.17) is 5.73 Å². The molecule has 0 spiro atoms. The van der Waals surface area contributed by atoms with Gasteiger partial charge >= 0.3 is 0 Å². The molecule has 16 heavy (non-hydrogen) atoms. The van der Waals surface area contributed by atoms with Crippen molar-refractivity contribution in [2.75, 3.05) is 13.1 Å². The predicted molar refractivity (Wildman–Crippen MR) is 58.2 cm³/mol. The molecule has 5 heteroatoms. The van der Waals surface area contributed by atoms with E-state index in [-0.39, 0.29) is 11.8 Å². The number of hydrogen-bond acceptors (Lipinski definition) is 2. The van der Waals surface area contributed by atoms with Crippen LogP contribution in [0, 0.1) is 5.92 Å². The van der Waals surface area contributed by atoms with E-state index in [2.05, 4.69) is 5.32 Å². The van der Waals surface area contributed by atoms with Crippen LogP contribution in [0.1, 0.15) is 38.5 Å². The number of carbonyl (C=O) groups excluding carboxylic acids is 1. The Morgan fingerprint density at radius 1 is 1.25 bits per heavy atom. The van der Waals surface area contributed by atoms with Crippen molar-refractivity contribution in [1.82, 2.24) is 5.32 Å². The fraction of sp³-hybridized carbons (Fsp3) is 0.909. The van der Waals surface area contributed by atoms with Gasteiger partial charge in [-0.1, -0.05) is 25.7 Å². The number of amides is 1. The highest BCUT2D eigenvalue weighted by atomic mass is 19.3. The van der Waals surface area contributed by atoms with Gasteiger partial charge in [0.05, 0.1) is 13.1 Å². The second kappa shape index (κ2) is 6.13. The minimum Gasteiger partial charge on any atom is -0.350 e. The van der Waals surface area contributed by atoms with Gasteiger partial charge < -0.3 is 11.1 Å². The Kier molecular flexibility index (Phi) is 5.12. The van der Waals surface area contributed by atoms with Gasteiger partial charge in [0.1, 0.15) is 0 Å². The van der Waals surface area contributed by atoms with Crippen LogP contribution < -0.4 is 11.1 Å². The first-order valence-corrected chi connectivity index (χ1v) is 5.91. The maximum atomic E-state index is 12.8. The molecule has 0 unspecified atom stereocenters. The molecule has 1 fully saturated rings. The van der Waals surface area contributed by atoms with Gasteiger partial charge in [-0.3, -0.25) is 4.79 Å². The van der Waals surface area contributed by atoms with Crippen LogP contribution in [0.5, 0.6) is 0 Å². The van der Waals surface area contributed by atoms with Crippen molar-refractivity contribution in [2.24, 2.45) is 11.7 Å². The molecule has 1 aliphatic rings. The zero-order chi connectivity index (χ0) is 12.0. The Hall–Kier alpha value is -0.710. The molecule has 0 aliphatic heterocycles. The molecule has 94 valence electrons. The number of nitrogens with two attached hydrogens (primary N) is 1. The molecule has 0 radical (unpaired) electrons. The van der Waals surface area contributed by atoms with E-state index in [9.17, 15) is 13.6 Å². The lowest BCUT2D eigenvalue weighted by Gasteiger charge is -2.18. The van der Waals surface area contributed by atoms with E-state index in [1.807, 2.05) is 0 Å².